The van der Waals surface area contributed by atoms with Gasteiger partial charge in [0.25, 0.3) is 5.91 Å². The van der Waals surface area contributed by atoms with Gasteiger partial charge in [0.15, 0.2) is 17.5 Å². The fourth-order valence-electron chi connectivity index (χ4n) is 2.44. The standard InChI is InChI=1S/C16H16F3N3O2S/c17-12-2-1-11(14(18)15(12)19)16(23)20-7-13-21-10(9-25-13)8-22-3-5-24-6-4-22/h1-2,9H,3-8H2,(H,20,23). The molecule has 9 heteroatoms. The molecule has 0 saturated carbocycles. The number of aromatic nitrogens is 1. The van der Waals surface area contributed by atoms with Gasteiger partial charge in [-0.3, -0.25) is 9.69 Å². The quantitative estimate of drug-likeness (QED) is 0.820. The number of amides is 1. The number of carbonyl (C=O) groups is 1. The van der Waals surface area contributed by atoms with Crippen LogP contribution in [0.5, 0.6) is 0 Å². The van der Waals surface area contributed by atoms with Crippen LogP contribution >= 0.6 is 11.3 Å². The molecule has 1 aromatic heterocycles. The predicted molar refractivity (Wildman–Crippen MR) is 85.7 cm³/mol. The minimum absolute atomic E-state index is 0.0883. The molecule has 0 atom stereocenters. The van der Waals surface area contributed by atoms with E-state index in [1.165, 1.54) is 11.3 Å². The monoisotopic (exact) mass is 371 g/mol. The van der Waals surface area contributed by atoms with Crippen LogP contribution in [-0.2, 0) is 17.8 Å². The van der Waals surface area contributed by atoms with Crippen molar-refractivity contribution in [3.05, 3.63) is 51.2 Å². The number of morpholine rings is 1. The molecule has 0 spiro atoms. The van der Waals surface area contributed by atoms with E-state index in [0.29, 0.717) is 24.8 Å². The molecule has 3 rings (SSSR count). The molecular formula is C16H16F3N3O2S. The first-order valence-corrected chi connectivity index (χ1v) is 8.57. The van der Waals surface area contributed by atoms with Crippen molar-refractivity contribution in [1.29, 1.82) is 0 Å². The second kappa shape index (κ2) is 7.94. The molecule has 1 aromatic carbocycles. The van der Waals surface area contributed by atoms with Crippen molar-refractivity contribution in [1.82, 2.24) is 15.2 Å². The lowest BCUT2D eigenvalue weighted by Gasteiger charge is -2.25. The van der Waals surface area contributed by atoms with Crippen molar-refractivity contribution in [2.45, 2.75) is 13.1 Å². The smallest absolute Gasteiger partial charge is 0.254 e. The van der Waals surface area contributed by atoms with E-state index < -0.39 is 28.9 Å². The maximum Gasteiger partial charge on any atom is 0.254 e. The van der Waals surface area contributed by atoms with Crippen molar-refractivity contribution >= 4 is 17.2 Å². The summed E-state index contributed by atoms with van der Waals surface area (Å²) in [4.78, 5) is 18.6. The van der Waals surface area contributed by atoms with Crippen molar-refractivity contribution in [3.8, 4) is 0 Å². The van der Waals surface area contributed by atoms with E-state index in [9.17, 15) is 18.0 Å². The van der Waals surface area contributed by atoms with E-state index in [-0.39, 0.29) is 6.54 Å². The van der Waals surface area contributed by atoms with Gasteiger partial charge in [0.2, 0.25) is 0 Å². The zero-order chi connectivity index (χ0) is 17.8. The Hall–Kier alpha value is -1.97. The summed E-state index contributed by atoms with van der Waals surface area (Å²) in [5, 5.41) is 5.02. The first-order valence-electron chi connectivity index (χ1n) is 7.69. The van der Waals surface area contributed by atoms with Gasteiger partial charge in [-0.2, -0.15) is 0 Å². The lowest BCUT2D eigenvalue weighted by molar-refractivity contribution is 0.0337. The Morgan fingerprint density at radius 3 is 2.76 bits per heavy atom. The van der Waals surface area contributed by atoms with Crippen LogP contribution in [0.1, 0.15) is 21.1 Å². The molecule has 0 bridgehead atoms. The highest BCUT2D eigenvalue weighted by Crippen LogP contribution is 2.16. The van der Waals surface area contributed by atoms with Crippen LogP contribution in [0, 0.1) is 17.5 Å². The molecule has 0 radical (unpaired) electrons. The Labute approximate surface area is 146 Å². The SMILES string of the molecule is O=C(NCc1nc(CN2CCOCC2)cs1)c1ccc(F)c(F)c1F. The zero-order valence-electron chi connectivity index (χ0n) is 13.2. The third kappa shape index (κ3) is 4.36. The van der Waals surface area contributed by atoms with E-state index >= 15 is 0 Å². The summed E-state index contributed by atoms with van der Waals surface area (Å²) in [6.45, 7) is 3.88. The summed E-state index contributed by atoms with van der Waals surface area (Å²) in [6, 6.07) is 1.63. The van der Waals surface area contributed by atoms with Crippen molar-refractivity contribution in [2.75, 3.05) is 26.3 Å². The van der Waals surface area contributed by atoms with E-state index in [4.69, 9.17) is 4.74 Å². The summed E-state index contributed by atoms with van der Waals surface area (Å²) >= 11 is 1.37. The molecule has 0 aliphatic carbocycles. The number of hydrogen-bond donors (Lipinski definition) is 1. The highest BCUT2D eigenvalue weighted by atomic mass is 32.1. The van der Waals surface area contributed by atoms with Gasteiger partial charge in [-0.15, -0.1) is 11.3 Å². The number of benzene rings is 1. The maximum atomic E-state index is 13.6. The van der Waals surface area contributed by atoms with Crippen LogP contribution in [0.4, 0.5) is 13.2 Å². The minimum atomic E-state index is -1.66. The number of hydrogen-bond acceptors (Lipinski definition) is 5. The molecule has 1 saturated heterocycles. The molecule has 1 N–H and O–H groups in total. The largest absolute Gasteiger partial charge is 0.379 e. The normalized spacial score (nSPS) is 15.3. The molecule has 2 aromatic rings. The summed E-state index contributed by atoms with van der Waals surface area (Å²) in [7, 11) is 0. The molecule has 5 nitrogen and oxygen atoms in total. The number of rotatable bonds is 5. The second-order valence-corrected chi connectivity index (χ2v) is 6.47. The first kappa shape index (κ1) is 17.8. The molecule has 1 fully saturated rings. The van der Waals surface area contributed by atoms with Gasteiger partial charge < -0.3 is 10.1 Å². The topological polar surface area (TPSA) is 54.5 Å². The van der Waals surface area contributed by atoms with Crippen LogP contribution in [0.25, 0.3) is 0 Å². The number of ether oxygens (including phenoxy) is 1. The van der Waals surface area contributed by atoms with Crippen LogP contribution in [0.3, 0.4) is 0 Å². The number of nitrogens with zero attached hydrogens (tertiary/aromatic N) is 2. The second-order valence-electron chi connectivity index (χ2n) is 5.53. The first-order chi connectivity index (χ1) is 12.0. The number of carbonyl (C=O) groups excluding carboxylic acids is 1. The van der Waals surface area contributed by atoms with E-state index in [1.54, 1.807) is 0 Å². The number of halogens is 3. The minimum Gasteiger partial charge on any atom is -0.379 e. The Kier molecular flexibility index (Phi) is 5.67. The van der Waals surface area contributed by atoms with Crippen LogP contribution in [0.15, 0.2) is 17.5 Å². The predicted octanol–water partition coefficient (Wildman–Crippen LogP) is 2.32. The van der Waals surface area contributed by atoms with Gasteiger partial charge in [0.1, 0.15) is 5.01 Å². The van der Waals surface area contributed by atoms with E-state index in [0.717, 1.165) is 30.9 Å². The Morgan fingerprint density at radius 2 is 2.00 bits per heavy atom. The summed E-state index contributed by atoms with van der Waals surface area (Å²) < 4.78 is 45.0. The lowest BCUT2D eigenvalue weighted by Crippen LogP contribution is -2.35. The Morgan fingerprint density at radius 1 is 1.24 bits per heavy atom. The summed E-state index contributed by atoms with van der Waals surface area (Å²) in [6.07, 6.45) is 0. The lowest BCUT2D eigenvalue weighted by atomic mass is 10.2. The fourth-order valence-corrected chi connectivity index (χ4v) is 3.17. The summed E-state index contributed by atoms with van der Waals surface area (Å²) in [5.41, 5.74) is 0.346. The Bertz CT molecular complexity index is 763. The van der Waals surface area contributed by atoms with Gasteiger partial charge in [-0.25, -0.2) is 18.2 Å². The van der Waals surface area contributed by atoms with Crippen molar-refractivity contribution in [3.63, 3.8) is 0 Å². The van der Waals surface area contributed by atoms with Gasteiger partial charge >= 0.3 is 0 Å². The molecule has 0 unspecified atom stereocenters. The number of thiazole rings is 1. The van der Waals surface area contributed by atoms with E-state index in [1.807, 2.05) is 5.38 Å². The average Bonchev–Trinajstić information content (AvgIpc) is 3.06. The average molecular weight is 371 g/mol. The number of nitrogens with one attached hydrogen (secondary N) is 1. The summed E-state index contributed by atoms with van der Waals surface area (Å²) in [5.74, 6) is -5.30. The molecule has 2 heterocycles. The molecule has 25 heavy (non-hydrogen) atoms. The molecule has 1 aliphatic rings. The van der Waals surface area contributed by atoms with Gasteiger partial charge in [-0.05, 0) is 12.1 Å². The van der Waals surface area contributed by atoms with Crippen LogP contribution in [-0.4, -0.2) is 42.1 Å². The highest BCUT2D eigenvalue weighted by molar-refractivity contribution is 7.09. The molecular weight excluding hydrogens is 355 g/mol. The molecule has 1 amide bonds. The van der Waals surface area contributed by atoms with Crippen LogP contribution < -0.4 is 5.32 Å². The third-order valence-electron chi connectivity index (χ3n) is 3.77. The zero-order valence-corrected chi connectivity index (χ0v) is 14.0. The Balaban J connectivity index is 1.56. The fraction of sp³-hybridized carbons (Fsp3) is 0.375. The highest BCUT2D eigenvalue weighted by Gasteiger charge is 2.19. The van der Waals surface area contributed by atoms with Crippen molar-refractivity contribution < 1.29 is 22.7 Å². The third-order valence-corrected chi connectivity index (χ3v) is 4.67. The van der Waals surface area contributed by atoms with Gasteiger partial charge in [0, 0.05) is 25.0 Å². The van der Waals surface area contributed by atoms with Crippen LogP contribution in [0.2, 0.25) is 0 Å². The van der Waals surface area contributed by atoms with E-state index in [2.05, 4.69) is 15.2 Å². The van der Waals surface area contributed by atoms with Crippen molar-refractivity contribution in [2.24, 2.45) is 0 Å². The molecule has 1 aliphatic heterocycles. The van der Waals surface area contributed by atoms with Gasteiger partial charge in [0.05, 0.1) is 31.0 Å². The molecule has 134 valence electrons. The maximum absolute atomic E-state index is 13.6. The van der Waals surface area contributed by atoms with Gasteiger partial charge in [-0.1, -0.05) is 0 Å².